The summed E-state index contributed by atoms with van der Waals surface area (Å²) in [6.07, 6.45) is -0.873. The second-order valence-electron chi connectivity index (χ2n) is 6.79. The van der Waals surface area contributed by atoms with Crippen molar-refractivity contribution in [3.8, 4) is 0 Å². The molecule has 1 unspecified atom stereocenters. The van der Waals surface area contributed by atoms with Crippen molar-refractivity contribution in [3.05, 3.63) is 49.1 Å². The lowest BCUT2D eigenvalue weighted by atomic mass is 9.60. The fraction of sp³-hybridized carbons (Fsp3) is 0.450. The minimum absolute atomic E-state index is 0.0390. The zero-order chi connectivity index (χ0) is 21.2. The van der Waals surface area contributed by atoms with E-state index >= 15 is 0 Å². The van der Waals surface area contributed by atoms with E-state index in [1.165, 1.54) is 6.08 Å². The number of hydrogen-bond donors (Lipinski definition) is 2. The van der Waals surface area contributed by atoms with E-state index in [1.54, 1.807) is 0 Å². The molecule has 2 aliphatic rings. The summed E-state index contributed by atoms with van der Waals surface area (Å²) < 4.78 is 15.3. The fourth-order valence-corrected chi connectivity index (χ4v) is 3.88. The van der Waals surface area contributed by atoms with Gasteiger partial charge in [0.05, 0.1) is 37.9 Å². The van der Waals surface area contributed by atoms with E-state index in [-0.39, 0.29) is 23.3 Å². The zero-order valence-corrected chi connectivity index (χ0v) is 15.6. The van der Waals surface area contributed by atoms with Gasteiger partial charge in [-0.1, -0.05) is 25.8 Å². The standard InChI is InChI=1S/C20H24O8/c1-6-12-13-8-27-20(25)10(3)14(13)16(22)15(11(4)19(24)26-5)17(12)28-18(23)9(2)7-21/h6,12-17,21-22H,1-4,7-8H2,5H3/t12-,13-,14+,15-,16+,17?/m1/s1. The molecule has 2 N–H and O–H groups in total. The van der Waals surface area contributed by atoms with Crippen molar-refractivity contribution in [2.24, 2.45) is 23.7 Å². The first-order chi connectivity index (χ1) is 13.2. The number of fused-ring (bicyclic) bond motifs is 1. The maximum Gasteiger partial charge on any atom is 0.336 e. The molecule has 1 heterocycles. The highest BCUT2D eigenvalue weighted by atomic mass is 16.6. The van der Waals surface area contributed by atoms with Gasteiger partial charge in [0.2, 0.25) is 0 Å². The number of esters is 3. The Morgan fingerprint density at radius 1 is 1.32 bits per heavy atom. The van der Waals surface area contributed by atoms with Crippen LogP contribution >= 0.6 is 0 Å². The van der Waals surface area contributed by atoms with Gasteiger partial charge in [0.1, 0.15) is 6.10 Å². The van der Waals surface area contributed by atoms with Gasteiger partial charge in [-0.05, 0) is 0 Å². The largest absolute Gasteiger partial charge is 0.466 e. The van der Waals surface area contributed by atoms with Gasteiger partial charge in [-0.25, -0.2) is 14.4 Å². The Labute approximate surface area is 162 Å². The second-order valence-corrected chi connectivity index (χ2v) is 6.79. The van der Waals surface area contributed by atoms with Crippen LogP contribution in [-0.4, -0.2) is 60.7 Å². The Morgan fingerprint density at radius 3 is 2.50 bits per heavy atom. The fourth-order valence-electron chi connectivity index (χ4n) is 3.88. The van der Waals surface area contributed by atoms with E-state index in [4.69, 9.17) is 19.3 Å². The molecule has 0 bridgehead atoms. The van der Waals surface area contributed by atoms with Gasteiger partial charge in [-0.15, -0.1) is 6.58 Å². The summed E-state index contributed by atoms with van der Waals surface area (Å²) in [5, 5.41) is 20.2. The Bertz CT molecular complexity index is 736. The molecule has 1 aliphatic carbocycles. The van der Waals surface area contributed by atoms with E-state index in [1.807, 2.05) is 0 Å². The lowest BCUT2D eigenvalue weighted by Gasteiger charge is -2.50. The molecule has 0 amide bonds. The van der Waals surface area contributed by atoms with Crippen molar-refractivity contribution < 1.29 is 38.8 Å². The van der Waals surface area contributed by atoms with E-state index in [2.05, 4.69) is 26.3 Å². The molecule has 2 fully saturated rings. The third-order valence-corrected chi connectivity index (χ3v) is 5.34. The van der Waals surface area contributed by atoms with E-state index < -0.39 is 60.4 Å². The molecule has 0 radical (unpaired) electrons. The molecule has 8 heteroatoms. The SMILES string of the molecule is C=C[C@H]1C(OC(=O)C(=C)CO)[C@H](C(=C)C(=O)OC)[C@@H](O)[C@H]2C(=C)C(=O)OC[C@@H]21. The predicted octanol–water partition coefficient (Wildman–Crippen LogP) is 0.314. The molecule has 1 aliphatic heterocycles. The third kappa shape index (κ3) is 3.65. The van der Waals surface area contributed by atoms with Gasteiger partial charge in [-0.2, -0.15) is 0 Å². The van der Waals surface area contributed by atoms with E-state index in [0.717, 1.165) is 7.11 Å². The van der Waals surface area contributed by atoms with Gasteiger partial charge in [-0.3, -0.25) is 0 Å². The van der Waals surface area contributed by atoms with Crippen LogP contribution in [0.3, 0.4) is 0 Å². The summed E-state index contributed by atoms with van der Waals surface area (Å²) in [6.45, 7) is 13.9. The van der Waals surface area contributed by atoms with Crippen molar-refractivity contribution >= 4 is 17.9 Å². The third-order valence-electron chi connectivity index (χ3n) is 5.34. The molecule has 1 saturated carbocycles. The van der Waals surface area contributed by atoms with Gasteiger partial charge >= 0.3 is 17.9 Å². The number of aliphatic hydroxyl groups is 2. The first-order valence-electron chi connectivity index (χ1n) is 8.62. The molecule has 152 valence electrons. The Kier molecular flexibility index (Phi) is 6.58. The average molecular weight is 392 g/mol. The molecule has 0 aromatic rings. The van der Waals surface area contributed by atoms with Gasteiger partial charge in [0.15, 0.2) is 0 Å². The predicted molar refractivity (Wildman–Crippen MR) is 97.5 cm³/mol. The summed E-state index contributed by atoms with van der Waals surface area (Å²) in [5.74, 6) is -5.23. The van der Waals surface area contributed by atoms with E-state index in [9.17, 15) is 19.5 Å². The maximum atomic E-state index is 12.2. The molecule has 0 aromatic heterocycles. The lowest BCUT2D eigenvalue weighted by molar-refractivity contribution is -0.176. The van der Waals surface area contributed by atoms with Crippen LogP contribution in [0.25, 0.3) is 0 Å². The number of hydrogen-bond acceptors (Lipinski definition) is 8. The number of methoxy groups -OCH3 is 1. The van der Waals surface area contributed by atoms with Crippen LogP contribution in [0.2, 0.25) is 0 Å². The summed E-state index contributed by atoms with van der Waals surface area (Å²) in [7, 11) is 1.15. The van der Waals surface area contributed by atoms with Crippen LogP contribution < -0.4 is 0 Å². The first kappa shape index (κ1) is 21.6. The van der Waals surface area contributed by atoms with Crippen LogP contribution in [0.4, 0.5) is 0 Å². The first-order valence-corrected chi connectivity index (χ1v) is 8.62. The number of aliphatic hydroxyl groups excluding tert-OH is 2. The monoisotopic (exact) mass is 392 g/mol. The quantitative estimate of drug-likeness (QED) is 0.287. The smallest absolute Gasteiger partial charge is 0.336 e. The van der Waals surface area contributed by atoms with Crippen LogP contribution in [0, 0.1) is 23.7 Å². The van der Waals surface area contributed by atoms with Crippen molar-refractivity contribution in [3.63, 3.8) is 0 Å². The molecule has 1 saturated heterocycles. The normalized spacial score (nSPS) is 31.8. The highest BCUT2D eigenvalue weighted by molar-refractivity contribution is 5.91. The lowest BCUT2D eigenvalue weighted by Crippen LogP contribution is -2.58. The van der Waals surface area contributed by atoms with Crippen LogP contribution in [-0.2, 0) is 28.6 Å². The highest BCUT2D eigenvalue weighted by Gasteiger charge is 2.56. The van der Waals surface area contributed by atoms with Crippen LogP contribution in [0.1, 0.15) is 0 Å². The molecule has 0 aromatic carbocycles. The topological polar surface area (TPSA) is 119 Å². The van der Waals surface area contributed by atoms with Gasteiger partial charge in [0.25, 0.3) is 0 Å². The molecular weight excluding hydrogens is 368 g/mol. The summed E-state index contributed by atoms with van der Waals surface area (Å²) in [5.41, 5.74) is -0.261. The summed E-state index contributed by atoms with van der Waals surface area (Å²) in [6, 6.07) is 0. The maximum absolute atomic E-state index is 12.2. The molecule has 8 nitrogen and oxygen atoms in total. The van der Waals surface area contributed by atoms with Crippen molar-refractivity contribution in [1.29, 1.82) is 0 Å². The highest BCUT2D eigenvalue weighted by Crippen LogP contribution is 2.48. The number of carbonyl (C=O) groups excluding carboxylic acids is 3. The molecule has 0 spiro atoms. The number of ether oxygens (including phenoxy) is 3. The summed E-state index contributed by atoms with van der Waals surface area (Å²) >= 11 is 0. The van der Waals surface area contributed by atoms with Crippen LogP contribution in [0.15, 0.2) is 49.1 Å². The minimum Gasteiger partial charge on any atom is -0.466 e. The number of carbonyl (C=O) groups is 3. The summed E-state index contributed by atoms with van der Waals surface area (Å²) in [4.78, 5) is 36.3. The Balaban J connectivity index is 2.52. The Morgan fingerprint density at radius 2 is 1.96 bits per heavy atom. The van der Waals surface area contributed by atoms with Gasteiger partial charge < -0.3 is 24.4 Å². The van der Waals surface area contributed by atoms with Crippen molar-refractivity contribution in [1.82, 2.24) is 0 Å². The minimum atomic E-state index is -1.31. The van der Waals surface area contributed by atoms with E-state index in [0.29, 0.717) is 0 Å². The van der Waals surface area contributed by atoms with Crippen molar-refractivity contribution in [2.45, 2.75) is 12.2 Å². The zero-order valence-electron chi connectivity index (χ0n) is 15.6. The average Bonchev–Trinajstić information content (AvgIpc) is 2.68. The van der Waals surface area contributed by atoms with Gasteiger partial charge in [0, 0.05) is 28.9 Å². The second kappa shape index (κ2) is 8.53. The number of rotatable bonds is 6. The Hall–Kier alpha value is -2.71. The van der Waals surface area contributed by atoms with Crippen molar-refractivity contribution in [2.75, 3.05) is 20.3 Å². The molecule has 6 atom stereocenters. The molecule has 2 rings (SSSR count). The number of cyclic esters (lactones) is 1. The molecule has 28 heavy (non-hydrogen) atoms. The molecular formula is C20H24O8. The van der Waals surface area contributed by atoms with Crippen LogP contribution in [0.5, 0.6) is 0 Å².